The van der Waals surface area contributed by atoms with Crippen LogP contribution in [0.1, 0.15) is 29.2 Å². The molecule has 0 saturated heterocycles. The van der Waals surface area contributed by atoms with Gasteiger partial charge in [0.15, 0.2) is 0 Å². The first-order valence-corrected chi connectivity index (χ1v) is 19.0. The van der Waals surface area contributed by atoms with E-state index in [4.69, 9.17) is 18.2 Å². The summed E-state index contributed by atoms with van der Waals surface area (Å²) in [7, 11) is 3.52. The molecule has 7 heteroatoms. The monoisotopic (exact) mass is 718 g/mol. The number of aromatic nitrogens is 2. The summed E-state index contributed by atoms with van der Waals surface area (Å²) in [6.45, 7) is 6.03. The molecule has 0 aliphatic carbocycles. The van der Waals surface area contributed by atoms with Gasteiger partial charge in [-0.2, -0.15) is 8.75 Å². The lowest BCUT2D eigenvalue weighted by Crippen LogP contribution is -1.90. The second kappa shape index (κ2) is 14.1. The van der Waals surface area contributed by atoms with E-state index in [1.54, 1.807) is 36.9 Å². The second-order valence-electron chi connectivity index (χ2n) is 12.2. The maximum Gasteiger partial charge on any atom is 0.145 e. The molecular weight excluding hydrogens is 685 g/mol. The molecule has 0 N–H and O–H groups in total. The summed E-state index contributed by atoms with van der Waals surface area (Å²) >= 11 is 4.72. The number of hydrogen-bond acceptors (Lipinski definition) is 7. The minimum absolute atomic E-state index is 0.792. The summed E-state index contributed by atoms with van der Waals surface area (Å²) in [4.78, 5) is 2.35. The highest BCUT2D eigenvalue weighted by molar-refractivity contribution is 7.24. The molecule has 12 bridgehead atoms. The van der Waals surface area contributed by atoms with Crippen molar-refractivity contribution in [2.75, 3.05) is 14.2 Å². The number of methoxy groups -OCH3 is 2. The molecule has 6 aliphatic heterocycles. The average molecular weight is 719 g/mol. The van der Waals surface area contributed by atoms with Crippen LogP contribution >= 0.6 is 34.4 Å². The second-order valence-corrected chi connectivity index (χ2v) is 14.8. The van der Waals surface area contributed by atoms with E-state index in [9.17, 15) is 0 Å². The molecule has 7 aromatic rings. The Morgan fingerprint density at radius 3 is 1.96 bits per heavy atom. The van der Waals surface area contributed by atoms with Crippen LogP contribution < -0.4 is 9.47 Å². The van der Waals surface area contributed by atoms with E-state index in [-0.39, 0.29) is 0 Å². The Morgan fingerprint density at radius 2 is 1.35 bits per heavy atom. The van der Waals surface area contributed by atoms with E-state index in [0.717, 1.165) is 82.5 Å². The van der Waals surface area contributed by atoms with Gasteiger partial charge in [0.25, 0.3) is 0 Å². The standard InChI is InChI=1S/C44H34N2O2S3/c1-5-9-29-13-7-11-27-15-19-31(20-16-27)37-25-35-41(47-3)44-36(42(48-4)43(35)49-37)26-38(50-44)32-21-17-28(18-22-32)12-8-14-30(10-6-2)34-24-23-33(29)39-40(34)46-51-45-39/h5-10,12-26H,1,11H2,2-4H3/b10-6-,12-8-,13-7-,29-9+,30-14+. The van der Waals surface area contributed by atoms with E-state index >= 15 is 0 Å². The van der Waals surface area contributed by atoms with Gasteiger partial charge in [0, 0.05) is 31.7 Å². The van der Waals surface area contributed by atoms with Crippen LogP contribution in [0.4, 0.5) is 0 Å². The van der Waals surface area contributed by atoms with Gasteiger partial charge in [-0.3, -0.25) is 0 Å². The lowest BCUT2D eigenvalue weighted by atomic mass is 9.96. The summed E-state index contributed by atoms with van der Waals surface area (Å²) in [5.41, 5.74) is 10.6. The van der Waals surface area contributed by atoms with Crippen molar-refractivity contribution in [1.29, 1.82) is 0 Å². The minimum atomic E-state index is 0.792. The van der Waals surface area contributed by atoms with Crippen molar-refractivity contribution >= 4 is 82.8 Å². The topological polar surface area (TPSA) is 44.2 Å². The third-order valence-electron chi connectivity index (χ3n) is 9.10. The molecule has 0 fully saturated rings. The molecule has 0 saturated carbocycles. The van der Waals surface area contributed by atoms with Crippen molar-refractivity contribution in [2.45, 2.75) is 13.3 Å². The number of hydrogen-bond donors (Lipinski definition) is 0. The third kappa shape index (κ3) is 6.08. The first-order valence-electron chi connectivity index (χ1n) is 16.7. The van der Waals surface area contributed by atoms with Crippen LogP contribution in [0.3, 0.4) is 0 Å². The number of benzene rings is 4. The van der Waals surface area contributed by atoms with Gasteiger partial charge in [-0.25, -0.2) is 0 Å². The summed E-state index contributed by atoms with van der Waals surface area (Å²) in [5, 5.41) is 2.15. The van der Waals surface area contributed by atoms with E-state index < -0.39 is 0 Å². The van der Waals surface area contributed by atoms with Crippen LogP contribution in [0.15, 0.2) is 128 Å². The molecule has 4 aromatic carbocycles. The average Bonchev–Trinajstić information content (AvgIpc) is 3.93. The minimum Gasteiger partial charge on any atom is -0.495 e. The Hall–Kier alpha value is -5.34. The first kappa shape index (κ1) is 32.8. The van der Waals surface area contributed by atoms with Gasteiger partial charge < -0.3 is 9.47 Å². The predicted octanol–water partition coefficient (Wildman–Crippen LogP) is 12.8. The van der Waals surface area contributed by atoms with Crippen molar-refractivity contribution in [3.8, 4) is 32.4 Å². The van der Waals surface area contributed by atoms with Crippen molar-refractivity contribution in [3.05, 3.63) is 150 Å². The van der Waals surface area contributed by atoms with Gasteiger partial charge >= 0.3 is 0 Å². The zero-order chi connectivity index (χ0) is 34.9. The van der Waals surface area contributed by atoms with Crippen molar-refractivity contribution in [1.82, 2.24) is 8.75 Å². The SMILES string of the molecule is C=C/C=C1\C=C/Cc2ccc(cc2)-c2cc3c(OC)c4sc(cc4c(OC)c3s2)-c2ccc(cc2)\C=C/C=C(\C=C/C)c2ccc1c1nsnc21. The van der Waals surface area contributed by atoms with Gasteiger partial charge in [-0.05, 0) is 58.9 Å². The van der Waals surface area contributed by atoms with Crippen LogP contribution in [0.5, 0.6) is 11.5 Å². The fraction of sp³-hybridized carbons (Fsp3) is 0.0909. The van der Waals surface area contributed by atoms with Crippen molar-refractivity contribution in [2.24, 2.45) is 0 Å². The number of thiophene rings is 2. The summed E-state index contributed by atoms with van der Waals surface area (Å²) < 4.78 is 23.9. The van der Waals surface area contributed by atoms with E-state index in [1.807, 2.05) is 19.1 Å². The molecule has 0 atom stereocenters. The molecule has 51 heavy (non-hydrogen) atoms. The Kier molecular flexibility index (Phi) is 9.09. The molecule has 13 rings (SSSR count). The Morgan fingerprint density at radius 1 is 0.745 bits per heavy atom. The molecule has 4 nitrogen and oxygen atoms in total. The van der Waals surface area contributed by atoms with Crippen molar-refractivity contribution in [3.63, 3.8) is 0 Å². The van der Waals surface area contributed by atoms with E-state index in [1.165, 1.54) is 32.6 Å². The molecule has 250 valence electrons. The van der Waals surface area contributed by atoms with Crippen molar-refractivity contribution < 1.29 is 9.47 Å². The fourth-order valence-electron chi connectivity index (χ4n) is 6.65. The number of fused-ring (bicyclic) bond motifs is 2. The number of rotatable bonds is 4. The smallest absolute Gasteiger partial charge is 0.145 e. The Bertz CT molecular complexity index is 2530. The quantitative estimate of drug-likeness (QED) is 0.182. The molecule has 3 aromatic heterocycles. The highest BCUT2D eigenvalue weighted by atomic mass is 32.1. The highest BCUT2D eigenvalue weighted by Gasteiger charge is 2.22. The molecule has 0 unspecified atom stereocenters. The van der Waals surface area contributed by atoms with E-state index in [2.05, 4.69) is 122 Å². The molecule has 6 aliphatic rings. The molecule has 0 amide bonds. The van der Waals surface area contributed by atoms with Crippen LogP contribution in [0.2, 0.25) is 0 Å². The van der Waals surface area contributed by atoms with Gasteiger partial charge in [-0.15, -0.1) is 22.7 Å². The lowest BCUT2D eigenvalue weighted by molar-refractivity contribution is 0.419. The Balaban J connectivity index is 1.29. The zero-order valence-electron chi connectivity index (χ0n) is 28.5. The van der Waals surface area contributed by atoms with Gasteiger partial charge in [-0.1, -0.05) is 122 Å². The highest BCUT2D eigenvalue weighted by Crippen LogP contribution is 2.52. The summed E-state index contributed by atoms with van der Waals surface area (Å²) in [5.74, 6) is 1.79. The lowest BCUT2D eigenvalue weighted by Gasteiger charge is -2.08. The van der Waals surface area contributed by atoms with Crippen LogP contribution in [-0.2, 0) is 6.42 Å². The van der Waals surface area contributed by atoms with Crippen LogP contribution in [0.25, 0.3) is 69.3 Å². The normalized spacial score (nSPS) is 16.4. The summed E-state index contributed by atoms with van der Waals surface area (Å²) in [6, 6.07) is 26.3. The molecule has 0 radical (unpaired) electrons. The zero-order valence-corrected chi connectivity index (χ0v) is 30.9. The predicted molar refractivity (Wildman–Crippen MR) is 221 cm³/mol. The van der Waals surface area contributed by atoms with Gasteiger partial charge in [0.2, 0.25) is 0 Å². The third-order valence-corrected chi connectivity index (χ3v) is 12.0. The maximum atomic E-state index is 6.11. The maximum absolute atomic E-state index is 6.11. The Labute approximate surface area is 309 Å². The van der Waals surface area contributed by atoms with Crippen LogP contribution in [0, 0.1) is 0 Å². The fourth-order valence-corrected chi connectivity index (χ4v) is 9.62. The number of allylic oxidation sites excluding steroid dienone is 10. The van der Waals surface area contributed by atoms with Gasteiger partial charge in [0.05, 0.1) is 35.3 Å². The summed E-state index contributed by atoms with van der Waals surface area (Å²) in [6.07, 6.45) is 19.6. The first-order chi connectivity index (χ1) is 25.1. The largest absolute Gasteiger partial charge is 0.495 e. The number of ether oxygens (including phenoxy) is 2. The molecular formula is C44H34N2O2S3. The molecule has 0 spiro atoms. The molecule has 9 heterocycles. The number of nitrogens with zero attached hydrogens (tertiary/aromatic N) is 2. The van der Waals surface area contributed by atoms with E-state index in [0.29, 0.717) is 0 Å². The van der Waals surface area contributed by atoms with Crippen LogP contribution in [-0.4, -0.2) is 23.0 Å². The van der Waals surface area contributed by atoms with Gasteiger partial charge in [0.1, 0.15) is 22.5 Å².